The van der Waals surface area contributed by atoms with Gasteiger partial charge < -0.3 is 39.3 Å². The van der Waals surface area contributed by atoms with E-state index >= 15 is 0 Å². The number of carbonyl (C=O) groups excluding carboxylic acids is 4. The van der Waals surface area contributed by atoms with Gasteiger partial charge >= 0.3 is 24.2 Å². The maximum Gasteiger partial charge on any atom is 0.511 e. The topological polar surface area (TPSA) is 170 Å². The first-order valence-corrected chi connectivity index (χ1v) is 13.1. The number of esters is 2. The predicted molar refractivity (Wildman–Crippen MR) is 132 cm³/mol. The number of benzene rings is 1. The molecular weight excluding hydrogens is 522 g/mol. The van der Waals surface area contributed by atoms with E-state index in [1.165, 1.54) is 11.8 Å². The normalized spacial score (nSPS) is 27.1. The molecule has 2 aliphatic carbocycles. The van der Waals surface area contributed by atoms with Crippen molar-refractivity contribution in [3.63, 3.8) is 0 Å². The van der Waals surface area contributed by atoms with Crippen molar-refractivity contribution >= 4 is 36.0 Å². The minimum Gasteiger partial charge on any atom is -0.435 e. The quantitative estimate of drug-likeness (QED) is 0.177. The molecule has 0 radical (unpaired) electrons. The van der Waals surface area contributed by atoms with Crippen molar-refractivity contribution in [2.75, 3.05) is 32.6 Å². The number of aliphatic hydroxyl groups excluding tert-OH is 1. The van der Waals surface area contributed by atoms with E-state index in [1.807, 2.05) is 32.0 Å². The van der Waals surface area contributed by atoms with Crippen molar-refractivity contribution in [2.24, 2.45) is 29.4 Å². The van der Waals surface area contributed by atoms with E-state index in [4.69, 9.17) is 19.9 Å². The van der Waals surface area contributed by atoms with E-state index in [0.717, 1.165) is 16.0 Å². The number of hydrogen-bond acceptors (Lipinski definition) is 13. The first-order valence-electron chi connectivity index (χ1n) is 12.2. The number of fused-ring (bicyclic) bond motifs is 1. The number of aryl methyl sites for hydroxylation is 2. The molecule has 1 aromatic carbocycles. The molecule has 3 rings (SSSR count). The van der Waals surface area contributed by atoms with E-state index in [9.17, 15) is 24.3 Å². The average molecular weight is 556 g/mol. The molecule has 2 aliphatic rings. The zero-order valence-corrected chi connectivity index (χ0v) is 22.5. The summed E-state index contributed by atoms with van der Waals surface area (Å²) < 4.78 is 28.7. The summed E-state index contributed by atoms with van der Waals surface area (Å²) in [6.07, 6.45) is -3.14. The van der Waals surface area contributed by atoms with Crippen LogP contribution in [0.15, 0.2) is 23.1 Å². The lowest BCUT2D eigenvalue weighted by atomic mass is 9.81. The molecule has 6 atom stereocenters. The molecule has 0 bridgehead atoms. The van der Waals surface area contributed by atoms with Crippen LogP contribution < -0.4 is 5.73 Å². The number of aliphatic hydroxyl groups is 1. The van der Waals surface area contributed by atoms with Crippen LogP contribution in [0.25, 0.3) is 0 Å². The molecule has 0 aliphatic heterocycles. The van der Waals surface area contributed by atoms with E-state index in [0.29, 0.717) is 0 Å². The third kappa shape index (κ3) is 6.33. The number of hydrogen-bond donors (Lipinski definition) is 2. The van der Waals surface area contributed by atoms with Crippen LogP contribution in [0.2, 0.25) is 0 Å². The van der Waals surface area contributed by atoms with Gasteiger partial charge in [0.2, 0.25) is 13.6 Å². The maximum absolute atomic E-state index is 13.2. The lowest BCUT2D eigenvalue weighted by molar-refractivity contribution is -0.165. The Labute approximate surface area is 224 Å². The van der Waals surface area contributed by atoms with Gasteiger partial charge in [0.1, 0.15) is 5.54 Å². The Morgan fingerprint density at radius 2 is 1.53 bits per heavy atom. The van der Waals surface area contributed by atoms with Crippen LogP contribution in [0.1, 0.15) is 25.0 Å². The molecule has 3 N–H and O–H groups in total. The molecule has 0 heterocycles. The van der Waals surface area contributed by atoms with Crippen molar-refractivity contribution in [1.82, 2.24) is 0 Å². The summed E-state index contributed by atoms with van der Waals surface area (Å²) >= 11 is 1.41. The Kier molecular flexibility index (Phi) is 9.85. The van der Waals surface area contributed by atoms with E-state index in [1.54, 1.807) is 13.8 Å². The summed E-state index contributed by atoms with van der Waals surface area (Å²) in [6, 6.07) is 5.90. The van der Waals surface area contributed by atoms with Gasteiger partial charge in [0.25, 0.3) is 0 Å². The highest BCUT2D eigenvalue weighted by molar-refractivity contribution is 7.99. The van der Waals surface area contributed by atoms with E-state index < -0.39 is 73.1 Å². The second kappa shape index (κ2) is 12.7. The van der Waals surface area contributed by atoms with Gasteiger partial charge in [0.15, 0.2) is 0 Å². The lowest BCUT2D eigenvalue weighted by Gasteiger charge is -2.34. The van der Waals surface area contributed by atoms with Gasteiger partial charge in [-0.2, -0.15) is 0 Å². The van der Waals surface area contributed by atoms with Crippen molar-refractivity contribution in [3.05, 3.63) is 29.3 Å². The fraction of sp³-hybridized carbons (Fsp3) is 0.600. The Morgan fingerprint density at radius 1 is 0.921 bits per heavy atom. The first kappa shape index (κ1) is 29.5. The minimum atomic E-state index is -1.78. The number of rotatable bonds is 11. The Hall–Kier alpha value is -3.03. The van der Waals surface area contributed by atoms with Crippen LogP contribution >= 0.6 is 11.8 Å². The van der Waals surface area contributed by atoms with Gasteiger partial charge in [0, 0.05) is 28.4 Å². The predicted octanol–water partition coefficient (Wildman–Crippen LogP) is 2.29. The minimum absolute atomic E-state index is 0.0744. The molecule has 12 nitrogen and oxygen atoms in total. The van der Waals surface area contributed by atoms with Gasteiger partial charge in [-0.1, -0.05) is 6.07 Å². The van der Waals surface area contributed by atoms with Crippen molar-refractivity contribution in [2.45, 2.75) is 44.2 Å². The second-order valence-corrected chi connectivity index (χ2v) is 10.1. The van der Waals surface area contributed by atoms with Crippen LogP contribution in [-0.4, -0.2) is 73.6 Å². The van der Waals surface area contributed by atoms with Crippen LogP contribution in [0.4, 0.5) is 9.59 Å². The monoisotopic (exact) mass is 555 g/mol. The van der Waals surface area contributed by atoms with Crippen molar-refractivity contribution in [1.29, 1.82) is 0 Å². The summed E-state index contributed by atoms with van der Waals surface area (Å²) in [5.41, 5.74) is 7.07. The van der Waals surface area contributed by atoms with Crippen LogP contribution in [0.3, 0.4) is 0 Å². The smallest absolute Gasteiger partial charge is 0.435 e. The van der Waals surface area contributed by atoms with Crippen LogP contribution in [-0.2, 0) is 38.0 Å². The summed E-state index contributed by atoms with van der Waals surface area (Å²) in [6.45, 7) is 5.88. The maximum atomic E-state index is 13.2. The van der Waals surface area contributed by atoms with Crippen LogP contribution in [0, 0.1) is 37.5 Å². The Bertz CT molecular complexity index is 1050. The molecule has 210 valence electrons. The molecule has 2 fully saturated rings. The summed E-state index contributed by atoms with van der Waals surface area (Å²) in [7, 11) is 0. The third-order valence-corrected chi connectivity index (χ3v) is 7.96. The fourth-order valence-corrected chi connectivity index (χ4v) is 6.07. The summed E-state index contributed by atoms with van der Waals surface area (Å²) in [5, 5.41) is 11.1. The number of carbonyl (C=O) groups is 4. The zero-order chi connectivity index (χ0) is 28.0. The van der Waals surface area contributed by atoms with Gasteiger partial charge in [-0.25, -0.2) is 14.4 Å². The van der Waals surface area contributed by atoms with Gasteiger partial charge in [-0.15, -0.1) is 11.8 Å². The fourth-order valence-electron chi connectivity index (χ4n) is 4.80. The molecule has 0 unspecified atom stereocenters. The lowest BCUT2D eigenvalue weighted by Crippen LogP contribution is -2.59. The average Bonchev–Trinajstić information content (AvgIpc) is 3.58. The highest BCUT2D eigenvalue weighted by Gasteiger charge is 2.78. The van der Waals surface area contributed by atoms with Crippen molar-refractivity contribution in [3.8, 4) is 0 Å². The van der Waals surface area contributed by atoms with Gasteiger partial charge in [-0.3, -0.25) is 4.79 Å². The van der Waals surface area contributed by atoms with Gasteiger partial charge in [-0.05, 0) is 51.0 Å². The standard InChI is InChI=1S/C25H33NO11S/c1-5-32-23(30)36-11-34-21(28)18-17-19(18)25(26,22(29)35-12-37-24(31)33-6-2)16(20(17)27)10-38-15-8-7-13(3)14(4)9-15/h7-9,16-20,27H,5-6,10-12,26H2,1-4H3/t16-,17+,18+,19+,20-,25+/m1/s1. The number of ether oxygens (including phenoxy) is 6. The van der Waals surface area contributed by atoms with Gasteiger partial charge in [0.05, 0.1) is 25.2 Å². The zero-order valence-electron chi connectivity index (χ0n) is 21.7. The molecule has 1 aromatic rings. The highest BCUT2D eigenvalue weighted by atomic mass is 32.2. The molecule has 13 heteroatoms. The molecule has 0 spiro atoms. The van der Waals surface area contributed by atoms with E-state index in [-0.39, 0.29) is 19.0 Å². The number of nitrogens with two attached hydrogens (primary N) is 1. The molecule has 0 amide bonds. The summed E-state index contributed by atoms with van der Waals surface area (Å²) in [5.74, 6) is -4.62. The van der Waals surface area contributed by atoms with Crippen LogP contribution in [0.5, 0.6) is 0 Å². The molecule has 38 heavy (non-hydrogen) atoms. The number of thioether (sulfide) groups is 1. The molecule has 0 saturated heterocycles. The largest absolute Gasteiger partial charge is 0.511 e. The molecule has 2 saturated carbocycles. The van der Waals surface area contributed by atoms with E-state index in [2.05, 4.69) is 14.2 Å². The molecule has 0 aromatic heterocycles. The molecular formula is C25H33NO11S. The van der Waals surface area contributed by atoms with Crippen molar-refractivity contribution < 1.29 is 52.7 Å². The first-order chi connectivity index (χ1) is 18.1. The highest BCUT2D eigenvalue weighted by Crippen LogP contribution is 2.64. The summed E-state index contributed by atoms with van der Waals surface area (Å²) in [4.78, 5) is 49.6. The SMILES string of the molecule is CCOC(=O)OCOC(=O)[C@H]1[C@@H]2[C@H](O)[C@@H](CSc3ccc(C)c(C)c3)[C@@](N)(C(=O)OCOC(=O)OCC)[C@H]12. The third-order valence-electron chi connectivity index (χ3n) is 6.85. The Morgan fingerprint density at radius 3 is 2.11 bits per heavy atom. The Balaban J connectivity index is 1.71. The second-order valence-electron chi connectivity index (χ2n) is 9.00.